The van der Waals surface area contributed by atoms with Gasteiger partial charge in [-0.15, -0.1) is 0 Å². The van der Waals surface area contributed by atoms with Crippen LogP contribution >= 0.6 is 11.6 Å². The molecule has 0 saturated heterocycles. The molecule has 1 aromatic heterocycles. The summed E-state index contributed by atoms with van der Waals surface area (Å²) >= 11 is 5.55. The van der Waals surface area contributed by atoms with Crippen LogP contribution in [-0.4, -0.2) is 39.5 Å². The van der Waals surface area contributed by atoms with Gasteiger partial charge in [0.25, 0.3) is 11.8 Å². The van der Waals surface area contributed by atoms with Crippen LogP contribution in [0.1, 0.15) is 45.3 Å². The Morgan fingerprint density at radius 3 is 2.77 bits per heavy atom. The van der Waals surface area contributed by atoms with E-state index < -0.39 is 39.6 Å². The molecule has 10 heteroatoms. The molecule has 2 N–H and O–H groups in total. The normalized spacial score (nSPS) is 25.7. The van der Waals surface area contributed by atoms with Crippen LogP contribution in [0.15, 0.2) is 23.1 Å². The molecule has 0 radical (unpaired) electrons. The Labute approximate surface area is 180 Å². The van der Waals surface area contributed by atoms with E-state index in [2.05, 4.69) is 5.32 Å². The van der Waals surface area contributed by atoms with E-state index in [0.717, 1.165) is 25.0 Å². The van der Waals surface area contributed by atoms with Crippen molar-refractivity contribution >= 4 is 23.4 Å². The number of hydrogen-bond donors (Lipinski definition) is 2. The molecule has 2 fully saturated rings. The van der Waals surface area contributed by atoms with E-state index in [1.54, 1.807) is 16.5 Å². The van der Waals surface area contributed by atoms with Crippen LogP contribution in [0.5, 0.6) is 5.75 Å². The maximum absolute atomic E-state index is 14.1. The predicted octanol–water partition coefficient (Wildman–Crippen LogP) is 2.45. The van der Waals surface area contributed by atoms with Crippen molar-refractivity contribution in [1.82, 2.24) is 14.8 Å². The van der Waals surface area contributed by atoms with Gasteiger partial charge < -0.3 is 19.9 Å². The molecular formula is C21H18ClF2N3O4. The van der Waals surface area contributed by atoms with Crippen LogP contribution in [0.4, 0.5) is 8.78 Å². The standard InChI is InChI=1S/C21H18ClF2N3O4/c1-26-16-10-4-9(10)5-13(16)27-7-11(18(28)19(29)17(27)21(26)31)20(30)25-6-8-2-3-12(23)14(22)15(8)24/h2-3,7,9-10,13,16,29H,4-6H2,1H3,(H,25,30)/t9-,10?,13-,16+/m0/s1. The Hall–Kier alpha value is -2.94. The number of benzene rings is 1. The summed E-state index contributed by atoms with van der Waals surface area (Å²) in [6, 6.07) is 1.93. The van der Waals surface area contributed by atoms with Crippen LogP contribution in [-0.2, 0) is 6.54 Å². The lowest BCUT2D eigenvalue weighted by atomic mass is 9.99. The van der Waals surface area contributed by atoms with Gasteiger partial charge in [0.05, 0.1) is 12.1 Å². The SMILES string of the molecule is CN1C(=O)c2c(O)c(=O)c(C(=O)NCc3ccc(F)c(Cl)c3F)cn2[C@H]2C[C@@H]3CC3[C@H]21. The van der Waals surface area contributed by atoms with Crippen LogP contribution in [0, 0.1) is 23.5 Å². The van der Waals surface area contributed by atoms with Crippen molar-refractivity contribution in [3.05, 3.63) is 62.0 Å². The van der Waals surface area contributed by atoms with E-state index in [-0.39, 0.29) is 35.4 Å². The summed E-state index contributed by atoms with van der Waals surface area (Å²) in [6.45, 7) is -0.343. The molecule has 4 atom stereocenters. The molecule has 1 aromatic carbocycles. The van der Waals surface area contributed by atoms with E-state index in [9.17, 15) is 28.3 Å². The third kappa shape index (κ3) is 2.86. The molecule has 2 aliphatic carbocycles. The number of fused-ring (bicyclic) bond motifs is 5. The van der Waals surface area contributed by atoms with Gasteiger partial charge in [-0.1, -0.05) is 17.7 Å². The Bertz CT molecular complexity index is 1210. The number of likely N-dealkylation sites (N-methyl/N-ethyl adjacent to an activating group) is 1. The maximum Gasteiger partial charge on any atom is 0.274 e. The van der Waals surface area contributed by atoms with Crippen molar-refractivity contribution in [1.29, 1.82) is 0 Å². The number of carbonyl (C=O) groups is 2. The first kappa shape index (κ1) is 20.0. The highest BCUT2D eigenvalue weighted by Gasteiger charge is 2.58. The lowest BCUT2D eigenvalue weighted by Gasteiger charge is -2.39. The second kappa shape index (κ2) is 6.78. The van der Waals surface area contributed by atoms with Gasteiger partial charge in [-0.2, -0.15) is 0 Å². The van der Waals surface area contributed by atoms with Gasteiger partial charge in [-0.3, -0.25) is 14.4 Å². The number of amides is 2. The monoisotopic (exact) mass is 449 g/mol. The van der Waals surface area contributed by atoms with Gasteiger partial charge in [-0.25, -0.2) is 8.78 Å². The molecular weight excluding hydrogens is 432 g/mol. The van der Waals surface area contributed by atoms with Gasteiger partial charge in [0.1, 0.15) is 22.2 Å². The predicted molar refractivity (Wildman–Crippen MR) is 106 cm³/mol. The van der Waals surface area contributed by atoms with Crippen LogP contribution < -0.4 is 10.7 Å². The molecule has 1 unspecified atom stereocenters. The van der Waals surface area contributed by atoms with Gasteiger partial charge in [0.15, 0.2) is 11.4 Å². The quantitative estimate of drug-likeness (QED) is 0.704. The minimum absolute atomic E-state index is 0.0433. The molecule has 0 spiro atoms. The molecule has 1 aliphatic heterocycles. The second-order valence-corrected chi connectivity index (χ2v) is 8.74. The minimum atomic E-state index is -1.01. The Balaban J connectivity index is 1.48. The number of halogens is 3. The third-order valence-electron chi connectivity index (χ3n) is 6.69. The van der Waals surface area contributed by atoms with Crippen molar-refractivity contribution < 1.29 is 23.5 Å². The molecule has 2 amide bonds. The zero-order chi connectivity index (χ0) is 22.2. The van der Waals surface area contributed by atoms with Crippen LogP contribution in [0.2, 0.25) is 5.02 Å². The van der Waals surface area contributed by atoms with Gasteiger partial charge in [0.2, 0.25) is 5.43 Å². The molecule has 2 heterocycles. The zero-order valence-corrected chi connectivity index (χ0v) is 17.1. The molecule has 3 aliphatic rings. The first-order chi connectivity index (χ1) is 14.7. The summed E-state index contributed by atoms with van der Waals surface area (Å²) < 4.78 is 28.9. The fourth-order valence-corrected chi connectivity index (χ4v) is 5.23. The van der Waals surface area contributed by atoms with E-state index in [0.29, 0.717) is 11.8 Å². The number of rotatable bonds is 3. The third-order valence-corrected chi connectivity index (χ3v) is 7.04. The molecule has 7 nitrogen and oxygen atoms in total. The minimum Gasteiger partial charge on any atom is -0.503 e. The highest BCUT2D eigenvalue weighted by Crippen LogP contribution is 2.59. The van der Waals surface area contributed by atoms with Gasteiger partial charge in [0, 0.05) is 25.4 Å². The van der Waals surface area contributed by atoms with E-state index in [1.807, 2.05) is 0 Å². The van der Waals surface area contributed by atoms with Gasteiger partial charge >= 0.3 is 0 Å². The lowest BCUT2D eigenvalue weighted by molar-refractivity contribution is 0.0581. The zero-order valence-electron chi connectivity index (χ0n) is 16.4. The second-order valence-electron chi connectivity index (χ2n) is 8.36. The van der Waals surface area contributed by atoms with E-state index >= 15 is 0 Å². The topological polar surface area (TPSA) is 91.6 Å². The van der Waals surface area contributed by atoms with E-state index in [1.165, 1.54) is 6.20 Å². The molecule has 5 rings (SSSR count). The first-order valence-corrected chi connectivity index (χ1v) is 10.2. The van der Waals surface area contributed by atoms with Crippen molar-refractivity contribution in [2.24, 2.45) is 11.8 Å². The Morgan fingerprint density at radius 1 is 1.29 bits per heavy atom. The van der Waals surface area contributed by atoms with Crippen molar-refractivity contribution in [2.45, 2.75) is 31.5 Å². The highest BCUT2D eigenvalue weighted by molar-refractivity contribution is 6.30. The lowest BCUT2D eigenvalue weighted by Crippen LogP contribution is -2.49. The average molecular weight is 450 g/mol. The molecule has 2 saturated carbocycles. The maximum atomic E-state index is 14.1. The fourth-order valence-electron chi connectivity index (χ4n) is 5.05. The molecule has 31 heavy (non-hydrogen) atoms. The Morgan fingerprint density at radius 2 is 2.03 bits per heavy atom. The van der Waals surface area contributed by atoms with E-state index in [4.69, 9.17) is 11.6 Å². The summed E-state index contributed by atoms with van der Waals surface area (Å²) in [5.74, 6) is -3.14. The van der Waals surface area contributed by atoms with Crippen molar-refractivity contribution in [2.75, 3.05) is 7.05 Å². The molecule has 162 valence electrons. The average Bonchev–Trinajstić information content (AvgIpc) is 3.41. The van der Waals surface area contributed by atoms with Crippen molar-refractivity contribution in [3.8, 4) is 5.75 Å². The number of carbonyl (C=O) groups excluding carboxylic acids is 2. The van der Waals surface area contributed by atoms with Crippen LogP contribution in [0.3, 0.4) is 0 Å². The number of nitrogens with one attached hydrogen (secondary N) is 1. The number of pyridine rings is 1. The van der Waals surface area contributed by atoms with Crippen molar-refractivity contribution in [3.63, 3.8) is 0 Å². The number of aromatic hydroxyl groups is 1. The summed E-state index contributed by atoms with van der Waals surface area (Å²) in [5.41, 5.74) is -1.52. The van der Waals surface area contributed by atoms with Gasteiger partial charge in [-0.05, 0) is 30.7 Å². The smallest absolute Gasteiger partial charge is 0.274 e. The summed E-state index contributed by atoms with van der Waals surface area (Å²) in [6.07, 6.45) is 3.14. The first-order valence-electron chi connectivity index (χ1n) is 9.86. The summed E-state index contributed by atoms with van der Waals surface area (Å²) in [5, 5.41) is 12.2. The van der Waals surface area contributed by atoms with Crippen LogP contribution in [0.25, 0.3) is 0 Å². The summed E-state index contributed by atoms with van der Waals surface area (Å²) in [7, 11) is 1.66. The number of nitrogens with zero attached hydrogens (tertiary/aromatic N) is 2. The molecule has 2 aromatic rings. The Kier molecular flexibility index (Phi) is 4.37. The largest absolute Gasteiger partial charge is 0.503 e. The number of aromatic nitrogens is 1. The summed E-state index contributed by atoms with van der Waals surface area (Å²) in [4.78, 5) is 39.7. The molecule has 0 bridgehead atoms. The number of hydrogen-bond acceptors (Lipinski definition) is 4. The highest BCUT2D eigenvalue weighted by atomic mass is 35.5. The fraction of sp³-hybridized carbons (Fsp3) is 0.381.